The molecule has 0 radical (unpaired) electrons. The molecule has 0 aliphatic heterocycles. The summed E-state index contributed by atoms with van der Waals surface area (Å²) >= 11 is 5.81. The van der Waals surface area contributed by atoms with Crippen LogP contribution in [0.5, 0.6) is 0 Å². The van der Waals surface area contributed by atoms with E-state index >= 15 is 0 Å². The van der Waals surface area contributed by atoms with Gasteiger partial charge in [0.2, 0.25) is 0 Å². The van der Waals surface area contributed by atoms with Crippen LogP contribution >= 0.6 is 11.6 Å². The number of hydrogen-bond donors (Lipinski definition) is 2. The molecule has 0 aliphatic carbocycles. The van der Waals surface area contributed by atoms with Crippen LogP contribution < -0.4 is 11.1 Å². The van der Waals surface area contributed by atoms with Crippen LogP contribution in [0.1, 0.15) is 25.3 Å². The predicted molar refractivity (Wildman–Crippen MR) is 70.9 cm³/mol. The van der Waals surface area contributed by atoms with Gasteiger partial charge in [-0.25, -0.2) is 4.39 Å². The lowest BCUT2D eigenvalue weighted by Gasteiger charge is -2.07. The van der Waals surface area contributed by atoms with Crippen LogP contribution in [0, 0.1) is 5.82 Å². The Kier molecular flexibility index (Phi) is 6.48. The Morgan fingerprint density at radius 2 is 2.18 bits per heavy atom. The van der Waals surface area contributed by atoms with Gasteiger partial charge in [0, 0.05) is 11.1 Å². The average Bonchev–Trinajstić information content (AvgIpc) is 2.27. The van der Waals surface area contributed by atoms with Gasteiger partial charge in [0.15, 0.2) is 0 Å². The summed E-state index contributed by atoms with van der Waals surface area (Å²) in [5.74, 6) is -0.188. The van der Waals surface area contributed by atoms with Crippen molar-refractivity contribution in [3.63, 3.8) is 0 Å². The number of halogens is 2. The van der Waals surface area contributed by atoms with E-state index in [0.717, 1.165) is 25.9 Å². The number of nitrogens with one attached hydrogen (secondary N) is 1. The lowest BCUT2D eigenvalue weighted by Crippen LogP contribution is -2.22. The zero-order chi connectivity index (χ0) is 12.7. The zero-order valence-electron chi connectivity index (χ0n) is 10.2. The van der Waals surface area contributed by atoms with Crippen LogP contribution in [0.2, 0.25) is 5.02 Å². The molecule has 96 valence electrons. The van der Waals surface area contributed by atoms with E-state index in [1.165, 1.54) is 6.07 Å². The van der Waals surface area contributed by atoms with Crippen LogP contribution in [-0.2, 0) is 6.42 Å². The van der Waals surface area contributed by atoms with Gasteiger partial charge >= 0.3 is 0 Å². The van der Waals surface area contributed by atoms with Crippen molar-refractivity contribution in [2.75, 3.05) is 13.1 Å². The van der Waals surface area contributed by atoms with Gasteiger partial charge in [0.25, 0.3) is 0 Å². The Morgan fingerprint density at radius 3 is 2.88 bits per heavy atom. The highest BCUT2D eigenvalue weighted by Gasteiger charge is 2.02. The van der Waals surface area contributed by atoms with Crippen LogP contribution in [0.25, 0.3) is 0 Å². The molecule has 1 unspecified atom stereocenters. The molecule has 0 spiro atoms. The van der Waals surface area contributed by atoms with E-state index in [0.29, 0.717) is 17.0 Å². The van der Waals surface area contributed by atoms with Crippen LogP contribution in [-0.4, -0.2) is 19.1 Å². The number of nitrogens with two attached hydrogens (primary N) is 1. The van der Waals surface area contributed by atoms with Crippen molar-refractivity contribution in [3.8, 4) is 0 Å². The first-order valence-electron chi connectivity index (χ1n) is 6.00. The molecule has 0 aromatic heterocycles. The largest absolute Gasteiger partial charge is 0.328 e. The van der Waals surface area contributed by atoms with Crippen LogP contribution in [0.3, 0.4) is 0 Å². The first-order chi connectivity index (χ1) is 8.09. The Morgan fingerprint density at radius 1 is 1.41 bits per heavy atom. The molecule has 0 aliphatic rings. The molecule has 0 saturated carbocycles. The molecule has 0 saturated heterocycles. The summed E-state index contributed by atoms with van der Waals surface area (Å²) in [5.41, 5.74) is 6.31. The Bertz CT molecular complexity index is 342. The molecule has 1 aromatic rings. The molecule has 0 amide bonds. The van der Waals surface area contributed by atoms with E-state index in [9.17, 15) is 4.39 Å². The van der Waals surface area contributed by atoms with Gasteiger partial charge in [-0.15, -0.1) is 0 Å². The van der Waals surface area contributed by atoms with Crippen molar-refractivity contribution in [1.29, 1.82) is 0 Å². The first-order valence-corrected chi connectivity index (χ1v) is 6.37. The first kappa shape index (κ1) is 14.4. The SMILES string of the molecule is CC(N)CCCNCCc1cc(Cl)ccc1F. The van der Waals surface area contributed by atoms with Gasteiger partial charge in [-0.3, -0.25) is 0 Å². The highest BCUT2D eigenvalue weighted by Crippen LogP contribution is 2.14. The normalized spacial score (nSPS) is 12.7. The highest BCUT2D eigenvalue weighted by atomic mass is 35.5. The molecule has 2 nitrogen and oxygen atoms in total. The molecule has 0 bridgehead atoms. The summed E-state index contributed by atoms with van der Waals surface area (Å²) in [6.45, 7) is 3.68. The second kappa shape index (κ2) is 7.64. The van der Waals surface area contributed by atoms with Gasteiger partial charge in [-0.1, -0.05) is 11.6 Å². The summed E-state index contributed by atoms with van der Waals surface area (Å²) in [7, 11) is 0. The van der Waals surface area contributed by atoms with Gasteiger partial charge in [0.05, 0.1) is 0 Å². The second-order valence-electron chi connectivity index (χ2n) is 4.36. The van der Waals surface area contributed by atoms with Crippen molar-refractivity contribution in [2.24, 2.45) is 5.73 Å². The molecule has 1 atom stereocenters. The fraction of sp³-hybridized carbons (Fsp3) is 0.538. The minimum absolute atomic E-state index is 0.188. The van der Waals surface area contributed by atoms with E-state index < -0.39 is 0 Å². The maximum Gasteiger partial charge on any atom is 0.126 e. The lowest BCUT2D eigenvalue weighted by molar-refractivity contribution is 0.566. The van der Waals surface area contributed by atoms with E-state index in [4.69, 9.17) is 17.3 Å². The molecular weight excluding hydrogens is 239 g/mol. The minimum Gasteiger partial charge on any atom is -0.328 e. The molecule has 3 N–H and O–H groups in total. The van der Waals surface area contributed by atoms with Crippen LogP contribution in [0.15, 0.2) is 18.2 Å². The maximum atomic E-state index is 13.3. The predicted octanol–water partition coefficient (Wildman–Crippen LogP) is 2.74. The highest BCUT2D eigenvalue weighted by molar-refractivity contribution is 6.30. The van der Waals surface area contributed by atoms with Gasteiger partial charge in [0.1, 0.15) is 5.82 Å². The van der Waals surface area contributed by atoms with Crippen molar-refractivity contribution in [1.82, 2.24) is 5.32 Å². The Labute approximate surface area is 107 Å². The monoisotopic (exact) mass is 258 g/mol. The van der Waals surface area contributed by atoms with E-state index in [-0.39, 0.29) is 11.9 Å². The summed E-state index contributed by atoms with van der Waals surface area (Å²) in [5, 5.41) is 3.85. The molecule has 17 heavy (non-hydrogen) atoms. The lowest BCUT2D eigenvalue weighted by atomic mass is 10.1. The summed E-state index contributed by atoms with van der Waals surface area (Å²) in [6, 6.07) is 4.91. The summed E-state index contributed by atoms with van der Waals surface area (Å²) < 4.78 is 13.3. The van der Waals surface area contributed by atoms with Gasteiger partial charge in [-0.05, 0) is 63.0 Å². The van der Waals surface area contributed by atoms with Crippen LogP contribution in [0.4, 0.5) is 4.39 Å². The summed E-state index contributed by atoms with van der Waals surface area (Å²) in [4.78, 5) is 0. The van der Waals surface area contributed by atoms with Gasteiger partial charge < -0.3 is 11.1 Å². The number of rotatable bonds is 7. The molecule has 0 fully saturated rings. The molecule has 0 heterocycles. The standard InChI is InChI=1S/C13H20ClFN2/c1-10(16)3-2-7-17-8-6-11-9-12(14)4-5-13(11)15/h4-5,9-10,17H,2-3,6-8,16H2,1H3. The van der Waals surface area contributed by atoms with Crippen molar-refractivity contribution >= 4 is 11.6 Å². The average molecular weight is 259 g/mol. The third-order valence-corrected chi connectivity index (χ3v) is 2.83. The maximum absolute atomic E-state index is 13.3. The quantitative estimate of drug-likeness (QED) is 0.738. The fourth-order valence-corrected chi connectivity index (χ4v) is 1.83. The van der Waals surface area contributed by atoms with Gasteiger partial charge in [-0.2, -0.15) is 0 Å². The fourth-order valence-electron chi connectivity index (χ4n) is 1.63. The number of benzene rings is 1. The van der Waals surface area contributed by atoms with E-state index in [2.05, 4.69) is 5.32 Å². The molecule has 1 rings (SSSR count). The Hall–Kier alpha value is -0.640. The molecule has 1 aromatic carbocycles. The zero-order valence-corrected chi connectivity index (χ0v) is 10.9. The molecular formula is C13H20ClFN2. The smallest absolute Gasteiger partial charge is 0.126 e. The van der Waals surface area contributed by atoms with Crippen molar-refractivity contribution in [2.45, 2.75) is 32.2 Å². The topological polar surface area (TPSA) is 38.0 Å². The van der Waals surface area contributed by atoms with E-state index in [1.54, 1.807) is 12.1 Å². The molecule has 4 heteroatoms. The van der Waals surface area contributed by atoms with Crippen molar-refractivity contribution < 1.29 is 4.39 Å². The second-order valence-corrected chi connectivity index (χ2v) is 4.79. The third-order valence-electron chi connectivity index (χ3n) is 2.59. The minimum atomic E-state index is -0.188. The van der Waals surface area contributed by atoms with E-state index in [1.807, 2.05) is 6.92 Å². The number of hydrogen-bond acceptors (Lipinski definition) is 2. The summed E-state index contributed by atoms with van der Waals surface area (Å²) in [6.07, 6.45) is 2.72. The van der Waals surface area contributed by atoms with Crippen molar-refractivity contribution in [3.05, 3.63) is 34.6 Å². The third kappa shape index (κ3) is 6.01. The Balaban J connectivity index is 2.20.